The largest absolute Gasteiger partial charge is 0.331 e. The lowest BCUT2D eigenvalue weighted by molar-refractivity contribution is 0.0736. The third-order valence-electron chi connectivity index (χ3n) is 4.68. The summed E-state index contributed by atoms with van der Waals surface area (Å²) < 4.78 is 3.61. The third kappa shape index (κ3) is 2.36. The number of amides is 1. The molecule has 24 heavy (non-hydrogen) atoms. The van der Waals surface area contributed by atoms with E-state index in [0.717, 1.165) is 42.5 Å². The number of carbonyl (C=O) groups is 1. The average molecular weight is 324 g/mol. The second-order valence-electron chi connectivity index (χ2n) is 6.21. The Morgan fingerprint density at radius 2 is 2.25 bits per heavy atom. The highest BCUT2D eigenvalue weighted by atomic mass is 16.2. The zero-order valence-electron chi connectivity index (χ0n) is 13.9. The Hall–Kier alpha value is -2.70. The van der Waals surface area contributed by atoms with Crippen LogP contribution in [0.15, 0.2) is 30.6 Å². The monoisotopic (exact) mass is 324 g/mol. The lowest BCUT2D eigenvalue weighted by atomic mass is 10.1. The van der Waals surface area contributed by atoms with E-state index in [0.29, 0.717) is 5.56 Å². The molecule has 0 radical (unpaired) electrons. The van der Waals surface area contributed by atoms with E-state index in [4.69, 9.17) is 0 Å². The second-order valence-corrected chi connectivity index (χ2v) is 6.21. The summed E-state index contributed by atoms with van der Waals surface area (Å²) in [7, 11) is 1.90. The number of hydrogen-bond acceptors (Lipinski definition) is 4. The maximum absolute atomic E-state index is 13.0. The molecule has 7 heteroatoms. The standard InChI is InChI=1S/C17H20N6O/c1-3-23-16-7-6-12(9-14(16)19-20-23)17(24)22-8-4-5-15(22)13-10-18-21(2)11-13/h6-7,9-11,15H,3-5,8H2,1-2H3/t15-/m1/s1. The zero-order chi connectivity index (χ0) is 16.7. The van der Waals surface area contributed by atoms with E-state index in [9.17, 15) is 4.79 Å². The lowest BCUT2D eigenvalue weighted by Gasteiger charge is -2.24. The van der Waals surface area contributed by atoms with Gasteiger partial charge in [-0.1, -0.05) is 5.21 Å². The van der Waals surface area contributed by atoms with E-state index in [1.165, 1.54) is 0 Å². The number of fused-ring (bicyclic) bond motifs is 1. The number of rotatable bonds is 3. The van der Waals surface area contributed by atoms with Crippen molar-refractivity contribution < 1.29 is 4.79 Å². The first-order valence-corrected chi connectivity index (χ1v) is 8.30. The predicted molar refractivity (Wildman–Crippen MR) is 89.4 cm³/mol. The molecule has 2 aromatic heterocycles. The first kappa shape index (κ1) is 14.9. The number of nitrogens with zero attached hydrogens (tertiary/aromatic N) is 6. The van der Waals surface area contributed by atoms with Crippen LogP contribution in [-0.4, -0.2) is 42.1 Å². The molecule has 0 aliphatic carbocycles. The minimum absolute atomic E-state index is 0.0503. The molecule has 1 aromatic carbocycles. The Labute approximate surface area is 139 Å². The summed E-state index contributed by atoms with van der Waals surface area (Å²) in [5.74, 6) is 0.0503. The van der Waals surface area contributed by atoms with Crippen molar-refractivity contribution in [3.05, 3.63) is 41.7 Å². The fraction of sp³-hybridized carbons (Fsp3) is 0.412. The topological polar surface area (TPSA) is 68.8 Å². The van der Waals surface area contributed by atoms with Crippen molar-refractivity contribution in [3.8, 4) is 0 Å². The molecule has 1 atom stereocenters. The van der Waals surface area contributed by atoms with Crippen LogP contribution in [0.2, 0.25) is 0 Å². The Morgan fingerprint density at radius 1 is 1.38 bits per heavy atom. The van der Waals surface area contributed by atoms with Crippen molar-refractivity contribution in [2.24, 2.45) is 7.05 Å². The van der Waals surface area contributed by atoms with Gasteiger partial charge >= 0.3 is 0 Å². The Balaban J connectivity index is 1.65. The summed E-state index contributed by atoms with van der Waals surface area (Å²) in [6.07, 6.45) is 5.84. The molecule has 0 saturated carbocycles. The Morgan fingerprint density at radius 3 is 3.00 bits per heavy atom. The van der Waals surface area contributed by atoms with Crippen LogP contribution in [0.1, 0.15) is 41.7 Å². The molecule has 0 spiro atoms. The lowest BCUT2D eigenvalue weighted by Crippen LogP contribution is -2.30. The first-order valence-electron chi connectivity index (χ1n) is 8.30. The number of aromatic nitrogens is 5. The number of benzene rings is 1. The van der Waals surface area contributed by atoms with Crippen molar-refractivity contribution in [3.63, 3.8) is 0 Å². The predicted octanol–water partition coefficient (Wildman–Crippen LogP) is 2.16. The fourth-order valence-electron chi connectivity index (χ4n) is 3.47. The van der Waals surface area contributed by atoms with Crippen LogP contribution in [0.25, 0.3) is 11.0 Å². The van der Waals surface area contributed by atoms with Gasteiger partial charge in [-0.25, -0.2) is 4.68 Å². The van der Waals surface area contributed by atoms with Crippen LogP contribution >= 0.6 is 0 Å². The molecular weight excluding hydrogens is 304 g/mol. The van der Waals surface area contributed by atoms with Gasteiger partial charge in [-0.05, 0) is 38.0 Å². The maximum Gasteiger partial charge on any atom is 0.254 e. The molecule has 1 amide bonds. The van der Waals surface area contributed by atoms with Gasteiger partial charge in [0.15, 0.2) is 0 Å². The van der Waals surface area contributed by atoms with Crippen molar-refractivity contribution in [2.75, 3.05) is 6.54 Å². The molecule has 1 saturated heterocycles. The van der Waals surface area contributed by atoms with E-state index >= 15 is 0 Å². The molecule has 0 bridgehead atoms. The highest BCUT2D eigenvalue weighted by Crippen LogP contribution is 2.33. The summed E-state index contributed by atoms with van der Waals surface area (Å²) >= 11 is 0. The van der Waals surface area contributed by atoms with Gasteiger partial charge in [0.2, 0.25) is 0 Å². The molecule has 3 aromatic rings. The SMILES string of the molecule is CCn1nnc2cc(C(=O)N3CCC[C@@H]3c3cnn(C)c3)ccc21. The molecule has 124 valence electrons. The van der Waals surface area contributed by atoms with E-state index in [1.807, 2.05) is 54.1 Å². The minimum Gasteiger partial charge on any atom is -0.331 e. The highest BCUT2D eigenvalue weighted by Gasteiger charge is 2.31. The van der Waals surface area contributed by atoms with E-state index in [-0.39, 0.29) is 11.9 Å². The van der Waals surface area contributed by atoms with E-state index in [1.54, 1.807) is 4.68 Å². The van der Waals surface area contributed by atoms with Crippen LogP contribution in [0.3, 0.4) is 0 Å². The summed E-state index contributed by atoms with van der Waals surface area (Å²) in [5.41, 5.74) is 3.49. The van der Waals surface area contributed by atoms with Crippen LogP contribution < -0.4 is 0 Å². The second kappa shape index (κ2) is 5.74. The van der Waals surface area contributed by atoms with Crippen LogP contribution in [0, 0.1) is 0 Å². The van der Waals surface area contributed by atoms with E-state index in [2.05, 4.69) is 15.4 Å². The molecule has 1 aliphatic heterocycles. The van der Waals surface area contributed by atoms with Gasteiger partial charge < -0.3 is 4.90 Å². The van der Waals surface area contributed by atoms with Gasteiger partial charge in [0.1, 0.15) is 5.52 Å². The van der Waals surface area contributed by atoms with E-state index < -0.39 is 0 Å². The molecule has 7 nitrogen and oxygen atoms in total. The van der Waals surface area contributed by atoms with Gasteiger partial charge in [-0.2, -0.15) is 5.10 Å². The van der Waals surface area contributed by atoms with Crippen molar-refractivity contribution in [1.82, 2.24) is 29.7 Å². The van der Waals surface area contributed by atoms with Gasteiger partial charge in [-0.15, -0.1) is 5.10 Å². The summed E-state index contributed by atoms with van der Waals surface area (Å²) in [6.45, 7) is 3.56. The van der Waals surface area contributed by atoms with Crippen molar-refractivity contribution in [2.45, 2.75) is 32.4 Å². The Kier molecular flexibility index (Phi) is 3.55. The molecule has 1 aliphatic rings. The molecular formula is C17H20N6O. The van der Waals surface area contributed by atoms with Crippen LogP contribution in [-0.2, 0) is 13.6 Å². The molecule has 4 rings (SSSR count). The Bertz CT molecular complexity index is 896. The van der Waals surface area contributed by atoms with Gasteiger partial charge in [0, 0.05) is 37.5 Å². The summed E-state index contributed by atoms with van der Waals surface area (Å²) in [6, 6.07) is 5.75. The smallest absolute Gasteiger partial charge is 0.254 e. The summed E-state index contributed by atoms with van der Waals surface area (Å²) in [5, 5.41) is 12.5. The first-order chi connectivity index (χ1) is 11.7. The van der Waals surface area contributed by atoms with Gasteiger partial charge in [0.05, 0.1) is 17.8 Å². The fourth-order valence-corrected chi connectivity index (χ4v) is 3.47. The maximum atomic E-state index is 13.0. The quantitative estimate of drug-likeness (QED) is 0.740. The number of likely N-dealkylation sites (tertiary alicyclic amines) is 1. The van der Waals surface area contributed by atoms with Crippen molar-refractivity contribution >= 4 is 16.9 Å². The third-order valence-corrected chi connectivity index (χ3v) is 4.68. The van der Waals surface area contributed by atoms with Gasteiger partial charge in [0.25, 0.3) is 5.91 Å². The van der Waals surface area contributed by atoms with Crippen LogP contribution in [0.5, 0.6) is 0 Å². The molecule has 3 heterocycles. The molecule has 0 N–H and O–H groups in total. The summed E-state index contributed by atoms with van der Waals surface area (Å²) in [4.78, 5) is 14.9. The highest BCUT2D eigenvalue weighted by molar-refractivity contribution is 5.97. The van der Waals surface area contributed by atoms with Crippen LogP contribution in [0.4, 0.5) is 0 Å². The number of aryl methyl sites for hydroxylation is 2. The van der Waals surface area contributed by atoms with Crippen molar-refractivity contribution in [1.29, 1.82) is 0 Å². The zero-order valence-corrected chi connectivity index (χ0v) is 13.9. The number of hydrogen-bond donors (Lipinski definition) is 0. The minimum atomic E-state index is 0.0503. The molecule has 0 unspecified atom stereocenters. The molecule has 1 fully saturated rings. The normalized spacial score (nSPS) is 17.8. The number of carbonyl (C=O) groups excluding carboxylic acids is 1. The average Bonchev–Trinajstić information content (AvgIpc) is 3.31. The van der Waals surface area contributed by atoms with Gasteiger partial charge in [-0.3, -0.25) is 9.48 Å².